The Labute approximate surface area is 117 Å². The molecule has 20 heavy (non-hydrogen) atoms. The van der Waals surface area contributed by atoms with Crippen LogP contribution in [0.25, 0.3) is 0 Å². The second-order valence-electron chi connectivity index (χ2n) is 4.30. The first-order valence-corrected chi connectivity index (χ1v) is 7.45. The van der Waals surface area contributed by atoms with Crippen molar-refractivity contribution in [3.63, 3.8) is 0 Å². The van der Waals surface area contributed by atoms with Gasteiger partial charge in [0.2, 0.25) is 5.09 Å². The van der Waals surface area contributed by atoms with E-state index in [1.54, 1.807) is 13.2 Å². The van der Waals surface area contributed by atoms with Gasteiger partial charge in [0.25, 0.3) is 10.0 Å². The van der Waals surface area contributed by atoms with E-state index in [0.717, 1.165) is 17.0 Å². The lowest BCUT2D eigenvalue weighted by Gasteiger charge is -2.09. The summed E-state index contributed by atoms with van der Waals surface area (Å²) < 4.78 is 32.5. The highest BCUT2D eigenvalue weighted by atomic mass is 32.2. The molecule has 0 aliphatic heterocycles. The van der Waals surface area contributed by atoms with Crippen molar-refractivity contribution in [3.05, 3.63) is 41.7 Å². The average molecular weight is 296 g/mol. The van der Waals surface area contributed by atoms with Gasteiger partial charge >= 0.3 is 0 Å². The second-order valence-corrected chi connectivity index (χ2v) is 5.79. The molecule has 1 aromatic heterocycles. The molecule has 1 aromatic carbocycles. The van der Waals surface area contributed by atoms with Crippen molar-refractivity contribution in [3.8, 4) is 5.75 Å². The Morgan fingerprint density at radius 1 is 1.30 bits per heavy atom. The molecule has 0 spiro atoms. The number of sulfonamides is 1. The zero-order valence-corrected chi connectivity index (χ0v) is 12.0. The summed E-state index contributed by atoms with van der Waals surface area (Å²) in [4.78, 5) is 0. The lowest BCUT2D eigenvalue weighted by atomic mass is 10.2. The van der Waals surface area contributed by atoms with Crippen molar-refractivity contribution in [2.45, 2.75) is 18.6 Å². The minimum atomic E-state index is -3.79. The number of furan rings is 1. The molecule has 0 fully saturated rings. The molecule has 2 rings (SSSR count). The summed E-state index contributed by atoms with van der Waals surface area (Å²) in [5.41, 5.74) is 1.93. The maximum Gasteiger partial charge on any atom is 0.271 e. The molecular formula is C13H16N2O4S. The van der Waals surface area contributed by atoms with Crippen molar-refractivity contribution >= 4 is 15.7 Å². The standard InChI is InChI=1S/C13H16N2O4S/c1-9-7-10(18-2)3-5-12(9)15-8-11-4-6-13(19-11)20(14,16)17/h3-7,15H,8H2,1-2H3,(H2,14,16,17). The summed E-state index contributed by atoms with van der Waals surface area (Å²) in [5, 5.41) is 7.90. The van der Waals surface area contributed by atoms with Gasteiger partial charge < -0.3 is 14.5 Å². The molecule has 0 bridgehead atoms. The van der Waals surface area contributed by atoms with Gasteiger partial charge in [-0.3, -0.25) is 0 Å². The summed E-state index contributed by atoms with van der Waals surface area (Å²) in [7, 11) is -2.18. The van der Waals surface area contributed by atoms with Gasteiger partial charge in [-0.2, -0.15) is 0 Å². The fourth-order valence-electron chi connectivity index (χ4n) is 1.75. The van der Waals surface area contributed by atoms with Crippen LogP contribution in [-0.2, 0) is 16.6 Å². The van der Waals surface area contributed by atoms with Crippen molar-refractivity contribution in [2.75, 3.05) is 12.4 Å². The number of nitrogens with two attached hydrogens (primary N) is 1. The Bertz CT molecular complexity index is 707. The number of methoxy groups -OCH3 is 1. The lowest BCUT2D eigenvalue weighted by molar-refractivity contribution is 0.414. The molecule has 0 unspecified atom stereocenters. The Hall–Kier alpha value is -1.99. The molecule has 0 amide bonds. The summed E-state index contributed by atoms with van der Waals surface area (Å²) >= 11 is 0. The maximum absolute atomic E-state index is 11.1. The van der Waals surface area contributed by atoms with Crippen LogP contribution in [0.3, 0.4) is 0 Å². The first kappa shape index (κ1) is 14.4. The van der Waals surface area contributed by atoms with E-state index in [1.807, 2.05) is 25.1 Å². The molecule has 0 saturated heterocycles. The first-order valence-electron chi connectivity index (χ1n) is 5.90. The molecule has 6 nitrogen and oxygen atoms in total. The third-order valence-corrected chi connectivity index (χ3v) is 3.58. The molecule has 0 radical (unpaired) electrons. The minimum Gasteiger partial charge on any atom is -0.497 e. The van der Waals surface area contributed by atoms with Crippen LogP contribution < -0.4 is 15.2 Å². The smallest absolute Gasteiger partial charge is 0.271 e. The van der Waals surface area contributed by atoms with E-state index in [4.69, 9.17) is 14.3 Å². The highest BCUT2D eigenvalue weighted by Gasteiger charge is 2.13. The molecule has 2 aromatic rings. The SMILES string of the molecule is COc1ccc(NCc2ccc(S(N)(=O)=O)o2)c(C)c1. The number of ether oxygens (including phenoxy) is 1. The second kappa shape index (κ2) is 5.56. The summed E-state index contributed by atoms with van der Waals surface area (Å²) in [6, 6.07) is 8.55. The molecular weight excluding hydrogens is 280 g/mol. The highest BCUT2D eigenvalue weighted by Crippen LogP contribution is 2.22. The molecule has 0 atom stereocenters. The van der Waals surface area contributed by atoms with Crippen molar-refractivity contribution in [1.29, 1.82) is 0 Å². The van der Waals surface area contributed by atoms with E-state index >= 15 is 0 Å². The monoisotopic (exact) mass is 296 g/mol. The number of hydrogen-bond acceptors (Lipinski definition) is 5. The predicted octanol–water partition coefficient (Wildman–Crippen LogP) is 1.86. The molecule has 0 saturated carbocycles. The molecule has 108 valence electrons. The van der Waals surface area contributed by atoms with Crippen LogP contribution in [-0.4, -0.2) is 15.5 Å². The van der Waals surface area contributed by atoms with E-state index in [1.165, 1.54) is 6.07 Å². The Morgan fingerprint density at radius 2 is 2.05 bits per heavy atom. The van der Waals surface area contributed by atoms with Gasteiger partial charge in [0.15, 0.2) is 0 Å². The van der Waals surface area contributed by atoms with Crippen molar-refractivity contribution < 1.29 is 17.6 Å². The maximum atomic E-state index is 11.1. The lowest BCUT2D eigenvalue weighted by Crippen LogP contribution is -2.10. The van der Waals surface area contributed by atoms with Crippen molar-refractivity contribution in [1.82, 2.24) is 0 Å². The van der Waals surface area contributed by atoms with E-state index < -0.39 is 10.0 Å². The van der Waals surface area contributed by atoms with E-state index in [9.17, 15) is 8.42 Å². The third kappa shape index (κ3) is 3.31. The highest BCUT2D eigenvalue weighted by molar-refractivity contribution is 7.89. The normalized spacial score (nSPS) is 11.3. The van der Waals surface area contributed by atoms with Gasteiger partial charge in [0.05, 0.1) is 13.7 Å². The molecule has 0 aliphatic rings. The van der Waals surface area contributed by atoms with Crippen LogP contribution in [0.1, 0.15) is 11.3 Å². The molecule has 1 heterocycles. The quantitative estimate of drug-likeness (QED) is 0.878. The topological polar surface area (TPSA) is 94.6 Å². The fraction of sp³-hybridized carbons (Fsp3) is 0.231. The van der Waals surface area contributed by atoms with Crippen LogP contribution in [0.15, 0.2) is 39.8 Å². The number of nitrogens with one attached hydrogen (secondary N) is 1. The minimum absolute atomic E-state index is 0.235. The number of aryl methyl sites for hydroxylation is 1. The summed E-state index contributed by atoms with van der Waals surface area (Å²) in [6.07, 6.45) is 0. The average Bonchev–Trinajstić information content (AvgIpc) is 2.86. The Kier molecular flexibility index (Phi) is 4.01. The molecule has 7 heteroatoms. The van der Waals surface area contributed by atoms with E-state index in [2.05, 4.69) is 5.32 Å². The number of anilines is 1. The summed E-state index contributed by atoms with van der Waals surface area (Å²) in [6.45, 7) is 2.31. The third-order valence-electron chi connectivity index (χ3n) is 2.80. The predicted molar refractivity (Wildman–Crippen MR) is 75.1 cm³/mol. The largest absolute Gasteiger partial charge is 0.497 e. The van der Waals surface area contributed by atoms with Crippen LogP contribution in [0.5, 0.6) is 5.75 Å². The molecule has 0 aliphatic carbocycles. The van der Waals surface area contributed by atoms with Crippen LogP contribution in [0, 0.1) is 6.92 Å². The number of benzene rings is 1. The first-order chi connectivity index (χ1) is 9.40. The number of rotatable bonds is 5. The fourth-order valence-corrected chi connectivity index (χ4v) is 2.23. The summed E-state index contributed by atoms with van der Waals surface area (Å²) in [5.74, 6) is 1.27. The zero-order chi connectivity index (χ0) is 14.8. The van der Waals surface area contributed by atoms with Gasteiger partial charge in [0, 0.05) is 5.69 Å². The van der Waals surface area contributed by atoms with Crippen LogP contribution >= 0.6 is 0 Å². The van der Waals surface area contributed by atoms with Gasteiger partial charge in [-0.1, -0.05) is 0 Å². The number of primary sulfonamides is 1. The van der Waals surface area contributed by atoms with E-state index in [-0.39, 0.29) is 5.09 Å². The molecule has 3 N–H and O–H groups in total. The zero-order valence-electron chi connectivity index (χ0n) is 11.2. The van der Waals surface area contributed by atoms with E-state index in [0.29, 0.717) is 12.3 Å². The van der Waals surface area contributed by atoms with Crippen LogP contribution in [0.2, 0.25) is 0 Å². The van der Waals surface area contributed by atoms with Gasteiger partial charge in [-0.15, -0.1) is 0 Å². The van der Waals surface area contributed by atoms with Gasteiger partial charge in [0.1, 0.15) is 11.5 Å². The van der Waals surface area contributed by atoms with Crippen LogP contribution in [0.4, 0.5) is 5.69 Å². The Morgan fingerprint density at radius 3 is 2.60 bits per heavy atom. The Balaban J connectivity index is 2.07. The van der Waals surface area contributed by atoms with Gasteiger partial charge in [-0.25, -0.2) is 13.6 Å². The van der Waals surface area contributed by atoms with Gasteiger partial charge in [-0.05, 0) is 42.8 Å². The number of hydrogen-bond donors (Lipinski definition) is 2. The van der Waals surface area contributed by atoms with Crippen molar-refractivity contribution in [2.24, 2.45) is 5.14 Å².